The summed E-state index contributed by atoms with van der Waals surface area (Å²) in [5, 5.41) is 11.2. The van der Waals surface area contributed by atoms with Gasteiger partial charge in [0, 0.05) is 11.8 Å². The summed E-state index contributed by atoms with van der Waals surface area (Å²) in [6.07, 6.45) is -4.07. The molecule has 0 radical (unpaired) electrons. The number of carbonyl (C=O) groups is 1. The summed E-state index contributed by atoms with van der Waals surface area (Å²) in [5.74, 6) is 0.388. The van der Waals surface area contributed by atoms with Crippen molar-refractivity contribution in [2.75, 3.05) is 6.61 Å². The standard InChI is InChI=1S/C23H19F3N4O2S2/c1-2-32-21(31)18-13-33-20(27-18)14-34-22-29-28-19(11-15-7-4-3-5-8-15)30(22)17-10-6-9-16(12-17)23(24,25)26/h3-10,12-13H,2,11,14H2,1H3. The molecule has 11 heteroatoms. The Hall–Kier alpha value is -3.18. The smallest absolute Gasteiger partial charge is 0.416 e. The number of hydrogen-bond acceptors (Lipinski definition) is 7. The first-order chi connectivity index (χ1) is 16.3. The number of rotatable bonds is 8. The van der Waals surface area contributed by atoms with Crippen LogP contribution < -0.4 is 0 Å². The van der Waals surface area contributed by atoms with Crippen molar-refractivity contribution in [2.45, 2.75) is 30.4 Å². The molecule has 0 aliphatic carbocycles. The normalized spacial score (nSPS) is 11.5. The summed E-state index contributed by atoms with van der Waals surface area (Å²) in [7, 11) is 0. The van der Waals surface area contributed by atoms with Gasteiger partial charge in [-0.05, 0) is 30.7 Å². The molecule has 0 N–H and O–H groups in total. The summed E-state index contributed by atoms with van der Waals surface area (Å²) in [5.41, 5.74) is 0.754. The highest BCUT2D eigenvalue weighted by molar-refractivity contribution is 7.98. The molecule has 4 rings (SSSR count). The molecule has 0 atom stereocenters. The largest absolute Gasteiger partial charge is 0.461 e. The first kappa shape index (κ1) is 24.0. The number of ether oxygens (including phenoxy) is 1. The number of alkyl halides is 3. The van der Waals surface area contributed by atoms with Gasteiger partial charge in [-0.3, -0.25) is 4.57 Å². The Morgan fingerprint density at radius 3 is 2.65 bits per heavy atom. The minimum atomic E-state index is -4.47. The first-order valence-electron chi connectivity index (χ1n) is 10.3. The van der Waals surface area contributed by atoms with Crippen molar-refractivity contribution in [1.29, 1.82) is 0 Å². The van der Waals surface area contributed by atoms with E-state index < -0.39 is 17.7 Å². The molecule has 0 bridgehead atoms. The summed E-state index contributed by atoms with van der Waals surface area (Å²) in [6, 6.07) is 14.6. The van der Waals surface area contributed by atoms with Gasteiger partial charge in [-0.1, -0.05) is 48.2 Å². The van der Waals surface area contributed by atoms with E-state index in [1.54, 1.807) is 22.9 Å². The number of nitrogens with zero attached hydrogens (tertiary/aromatic N) is 4. The third kappa shape index (κ3) is 5.65. The zero-order valence-corrected chi connectivity index (χ0v) is 19.6. The second-order valence-electron chi connectivity index (χ2n) is 7.08. The maximum atomic E-state index is 13.4. The highest BCUT2D eigenvalue weighted by Crippen LogP contribution is 2.32. The van der Waals surface area contributed by atoms with Crippen LogP contribution in [0.2, 0.25) is 0 Å². The summed E-state index contributed by atoms with van der Waals surface area (Å²) < 4.78 is 46.7. The molecular weight excluding hydrogens is 485 g/mol. The summed E-state index contributed by atoms with van der Waals surface area (Å²) >= 11 is 2.58. The Morgan fingerprint density at radius 1 is 1.12 bits per heavy atom. The summed E-state index contributed by atoms with van der Waals surface area (Å²) in [6.45, 7) is 1.97. The van der Waals surface area contributed by atoms with E-state index in [2.05, 4.69) is 15.2 Å². The van der Waals surface area contributed by atoms with E-state index in [1.165, 1.54) is 29.2 Å². The number of esters is 1. The highest BCUT2D eigenvalue weighted by Gasteiger charge is 2.31. The van der Waals surface area contributed by atoms with E-state index in [4.69, 9.17) is 4.74 Å². The fourth-order valence-electron chi connectivity index (χ4n) is 3.17. The Morgan fingerprint density at radius 2 is 1.91 bits per heavy atom. The molecular formula is C23H19F3N4O2S2. The molecule has 2 aromatic heterocycles. The number of thiazole rings is 1. The fourth-order valence-corrected chi connectivity index (χ4v) is 4.92. The van der Waals surface area contributed by atoms with Crippen LogP contribution in [0.15, 0.2) is 65.1 Å². The fraction of sp³-hybridized carbons (Fsp3) is 0.217. The van der Waals surface area contributed by atoms with Crippen molar-refractivity contribution in [2.24, 2.45) is 0 Å². The van der Waals surface area contributed by atoms with Crippen LogP contribution in [-0.2, 0) is 23.1 Å². The monoisotopic (exact) mass is 504 g/mol. The first-order valence-corrected chi connectivity index (χ1v) is 12.1. The van der Waals surface area contributed by atoms with Crippen LogP contribution in [0, 0.1) is 0 Å². The van der Waals surface area contributed by atoms with E-state index in [1.807, 2.05) is 30.3 Å². The quantitative estimate of drug-likeness (QED) is 0.223. The minimum Gasteiger partial charge on any atom is -0.461 e. The van der Waals surface area contributed by atoms with E-state index >= 15 is 0 Å². The number of benzene rings is 2. The van der Waals surface area contributed by atoms with Crippen molar-refractivity contribution in [3.8, 4) is 5.69 Å². The minimum absolute atomic E-state index is 0.228. The van der Waals surface area contributed by atoms with Gasteiger partial charge in [0.1, 0.15) is 10.8 Å². The van der Waals surface area contributed by atoms with Gasteiger partial charge in [-0.25, -0.2) is 9.78 Å². The van der Waals surface area contributed by atoms with Crippen molar-refractivity contribution in [3.05, 3.63) is 87.6 Å². The molecule has 0 aliphatic rings. The van der Waals surface area contributed by atoms with Crippen LogP contribution in [0.3, 0.4) is 0 Å². The van der Waals surface area contributed by atoms with Crippen molar-refractivity contribution in [1.82, 2.24) is 19.7 Å². The number of hydrogen-bond donors (Lipinski definition) is 0. The van der Waals surface area contributed by atoms with Crippen LogP contribution in [-0.4, -0.2) is 32.3 Å². The average Bonchev–Trinajstić information content (AvgIpc) is 3.45. The molecule has 2 heterocycles. The maximum Gasteiger partial charge on any atom is 0.416 e. The van der Waals surface area contributed by atoms with Gasteiger partial charge in [-0.15, -0.1) is 21.5 Å². The second-order valence-corrected chi connectivity index (χ2v) is 8.97. The Labute approximate surface area is 201 Å². The molecule has 0 spiro atoms. The molecule has 0 saturated heterocycles. The predicted octanol–water partition coefficient (Wildman–Crippen LogP) is 5.80. The third-order valence-electron chi connectivity index (χ3n) is 4.70. The SMILES string of the molecule is CCOC(=O)c1csc(CSc2nnc(Cc3ccccc3)n2-c2cccc(C(F)(F)F)c2)n1. The molecule has 6 nitrogen and oxygen atoms in total. The van der Waals surface area contributed by atoms with Crippen LogP contribution in [0.1, 0.15) is 39.4 Å². The summed E-state index contributed by atoms with van der Waals surface area (Å²) in [4.78, 5) is 16.1. The molecule has 0 amide bonds. The van der Waals surface area contributed by atoms with Gasteiger partial charge in [0.25, 0.3) is 0 Å². The van der Waals surface area contributed by atoms with Gasteiger partial charge in [0.2, 0.25) is 0 Å². The lowest BCUT2D eigenvalue weighted by atomic mass is 10.1. The zero-order chi connectivity index (χ0) is 24.1. The molecule has 0 saturated carbocycles. The maximum absolute atomic E-state index is 13.4. The number of aromatic nitrogens is 4. The molecule has 2 aromatic carbocycles. The Kier molecular flexibility index (Phi) is 7.32. The van der Waals surface area contributed by atoms with E-state index in [0.29, 0.717) is 33.8 Å². The van der Waals surface area contributed by atoms with Gasteiger partial charge in [-0.2, -0.15) is 13.2 Å². The van der Waals surface area contributed by atoms with Crippen LogP contribution >= 0.6 is 23.1 Å². The number of thioether (sulfide) groups is 1. The topological polar surface area (TPSA) is 69.9 Å². The lowest BCUT2D eigenvalue weighted by Crippen LogP contribution is -2.08. The van der Waals surface area contributed by atoms with Crippen LogP contribution in [0.5, 0.6) is 0 Å². The lowest BCUT2D eigenvalue weighted by Gasteiger charge is -2.13. The molecule has 0 fully saturated rings. The van der Waals surface area contributed by atoms with Crippen molar-refractivity contribution < 1.29 is 22.7 Å². The molecule has 176 valence electrons. The Bertz CT molecular complexity index is 1270. The number of carbonyl (C=O) groups excluding carboxylic acids is 1. The van der Waals surface area contributed by atoms with Crippen LogP contribution in [0.25, 0.3) is 5.69 Å². The van der Waals surface area contributed by atoms with Crippen molar-refractivity contribution in [3.63, 3.8) is 0 Å². The second kappa shape index (κ2) is 10.4. The van der Waals surface area contributed by atoms with E-state index in [0.717, 1.165) is 17.7 Å². The predicted molar refractivity (Wildman–Crippen MR) is 123 cm³/mol. The molecule has 0 aliphatic heterocycles. The zero-order valence-electron chi connectivity index (χ0n) is 18.0. The van der Waals surface area contributed by atoms with Gasteiger partial charge >= 0.3 is 12.1 Å². The van der Waals surface area contributed by atoms with Gasteiger partial charge < -0.3 is 4.74 Å². The highest BCUT2D eigenvalue weighted by atomic mass is 32.2. The number of halogens is 3. The Balaban J connectivity index is 1.64. The van der Waals surface area contributed by atoms with Crippen molar-refractivity contribution >= 4 is 29.1 Å². The van der Waals surface area contributed by atoms with Crippen LogP contribution in [0.4, 0.5) is 13.2 Å². The lowest BCUT2D eigenvalue weighted by molar-refractivity contribution is -0.137. The molecule has 34 heavy (non-hydrogen) atoms. The third-order valence-corrected chi connectivity index (χ3v) is 6.67. The molecule has 4 aromatic rings. The van der Waals surface area contributed by atoms with E-state index in [9.17, 15) is 18.0 Å². The van der Waals surface area contributed by atoms with Gasteiger partial charge in [0.05, 0.1) is 23.6 Å². The average molecular weight is 505 g/mol. The van der Waals surface area contributed by atoms with Gasteiger partial charge in [0.15, 0.2) is 10.9 Å². The van der Waals surface area contributed by atoms with E-state index in [-0.39, 0.29) is 12.3 Å². The molecule has 0 unspecified atom stereocenters.